The quantitative estimate of drug-likeness (QED) is 0.844. The van der Waals surface area contributed by atoms with Gasteiger partial charge in [0, 0.05) is 18.7 Å². The number of rotatable bonds is 6. The summed E-state index contributed by atoms with van der Waals surface area (Å²) in [6, 6.07) is 2.90. The van der Waals surface area contributed by atoms with Gasteiger partial charge in [0.25, 0.3) is 0 Å². The monoisotopic (exact) mass is 300 g/mol. The maximum absolute atomic E-state index is 13.9. The molecule has 0 saturated heterocycles. The van der Waals surface area contributed by atoms with E-state index >= 15 is 0 Å². The van der Waals surface area contributed by atoms with Gasteiger partial charge in [-0.2, -0.15) is 0 Å². The summed E-state index contributed by atoms with van der Waals surface area (Å²) in [5.74, 6) is -0.490. The van der Waals surface area contributed by atoms with Crippen molar-refractivity contribution in [1.29, 1.82) is 0 Å². The maximum atomic E-state index is 13.9. The molecule has 1 saturated carbocycles. The SMILES string of the molecule is CNCc1cc(F)c(C)c(S(=O)(=O)NCC2(C)CC2)c1. The molecule has 2 rings (SSSR count). The van der Waals surface area contributed by atoms with Crippen LogP contribution in [0, 0.1) is 18.2 Å². The first-order valence-corrected chi connectivity index (χ1v) is 8.19. The number of benzene rings is 1. The van der Waals surface area contributed by atoms with Crippen molar-refractivity contribution in [3.05, 3.63) is 29.1 Å². The molecule has 1 aliphatic rings. The Hall–Kier alpha value is -0.980. The minimum atomic E-state index is -3.67. The van der Waals surface area contributed by atoms with E-state index in [0.717, 1.165) is 12.8 Å². The third kappa shape index (κ3) is 3.37. The molecule has 4 nitrogen and oxygen atoms in total. The molecule has 112 valence electrons. The molecular formula is C14H21FN2O2S. The highest BCUT2D eigenvalue weighted by Gasteiger charge is 2.38. The molecule has 6 heteroatoms. The van der Waals surface area contributed by atoms with Crippen molar-refractivity contribution in [2.75, 3.05) is 13.6 Å². The first kappa shape index (κ1) is 15.4. The molecule has 0 unspecified atom stereocenters. The second-order valence-electron chi connectivity index (χ2n) is 5.87. The largest absolute Gasteiger partial charge is 0.316 e. The van der Waals surface area contributed by atoms with Crippen LogP contribution in [0.3, 0.4) is 0 Å². The second-order valence-corrected chi connectivity index (χ2v) is 7.60. The van der Waals surface area contributed by atoms with Gasteiger partial charge >= 0.3 is 0 Å². The van der Waals surface area contributed by atoms with Crippen molar-refractivity contribution < 1.29 is 12.8 Å². The Labute approximate surface area is 119 Å². The molecule has 1 aromatic carbocycles. The zero-order chi connectivity index (χ0) is 15.0. The van der Waals surface area contributed by atoms with E-state index < -0.39 is 15.8 Å². The fourth-order valence-electron chi connectivity index (χ4n) is 2.03. The second kappa shape index (κ2) is 5.42. The van der Waals surface area contributed by atoms with Crippen molar-refractivity contribution >= 4 is 10.0 Å². The summed E-state index contributed by atoms with van der Waals surface area (Å²) in [7, 11) is -1.93. The molecule has 20 heavy (non-hydrogen) atoms. The van der Waals surface area contributed by atoms with Gasteiger partial charge in [0.15, 0.2) is 0 Å². The van der Waals surface area contributed by atoms with Gasteiger partial charge in [0.1, 0.15) is 5.82 Å². The van der Waals surface area contributed by atoms with E-state index in [9.17, 15) is 12.8 Å². The van der Waals surface area contributed by atoms with Crippen LogP contribution >= 0.6 is 0 Å². The van der Waals surface area contributed by atoms with Crippen LogP contribution in [0.5, 0.6) is 0 Å². The lowest BCUT2D eigenvalue weighted by Crippen LogP contribution is -2.30. The van der Waals surface area contributed by atoms with E-state index in [2.05, 4.69) is 10.0 Å². The molecule has 1 aromatic rings. The predicted molar refractivity (Wildman–Crippen MR) is 76.4 cm³/mol. The minimum absolute atomic E-state index is 0.0343. The van der Waals surface area contributed by atoms with Gasteiger partial charge < -0.3 is 5.32 Å². The molecule has 1 aliphatic carbocycles. The summed E-state index contributed by atoms with van der Waals surface area (Å²) in [6.45, 7) is 4.37. The predicted octanol–water partition coefficient (Wildman–Crippen LogP) is 1.93. The number of sulfonamides is 1. The van der Waals surface area contributed by atoms with Crippen LogP contribution in [-0.2, 0) is 16.6 Å². The highest BCUT2D eigenvalue weighted by Crippen LogP contribution is 2.44. The van der Waals surface area contributed by atoms with Crippen LogP contribution in [-0.4, -0.2) is 22.0 Å². The van der Waals surface area contributed by atoms with Crippen molar-refractivity contribution in [2.45, 2.75) is 38.1 Å². The number of nitrogens with one attached hydrogen (secondary N) is 2. The van der Waals surface area contributed by atoms with Gasteiger partial charge in [0.05, 0.1) is 4.90 Å². The summed E-state index contributed by atoms with van der Waals surface area (Å²) in [5, 5.41) is 2.89. The molecule has 0 amide bonds. The fraction of sp³-hybridized carbons (Fsp3) is 0.571. The van der Waals surface area contributed by atoms with Crippen molar-refractivity contribution in [2.24, 2.45) is 5.41 Å². The van der Waals surface area contributed by atoms with E-state index in [1.54, 1.807) is 7.05 Å². The average molecular weight is 300 g/mol. The van der Waals surface area contributed by atoms with Crippen LogP contribution in [0.15, 0.2) is 17.0 Å². The van der Waals surface area contributed by atoms with E-state index in [4.69, 9.17) is 0 Å². The van der Waals surface area contributed by atoms with Gasteiger partial charge in [-0.15, -0.1) is 0 Å². The van der Waals surface area contributed by atoms with Gasteiger partial charge in [-0.1, -0.05) is 6.92 Å². The van der Waals surface area contributed by atoms with E-state index in [0.29, 0.717) is 18.7 Å². The van der Waals surface area contributed by atoms with Gasteiger partial charge in [-0.3, -0.25) is 0 Å². The van der Waals surface area contributed by atoms with Gasteiger partial charge in [-0.25, -0.2) is 17.5 Å². The molecule has 0 spiro atoms. The van der Waals surface area contributed by atoms with E-state index in [1.807, 2.05) is 6.92 Å². The normalized spacial score (nSPS) is 17.2. The zero-order valence-electron chi connectivity index (χ0n) is 12.1. The first-order valence-electron chi connectivity index (χ1n) is 6.71. The Morgan fingerprint density at radius 2 is 2.00 bits per heavy atom. The molecule has 0 radical (unpaired) electrons. The van der Waals surface area contributed by atoms with Gasteiger partial charge in [0.2, 0.25) is 10.0 Å². The van der Waals surface area contributed by atoms with E-state index in [1.165, 1.54) is 19.1 Å². The smallest absolute Gasteiger partial charge is 0.240 e. The maximum Gasteiger partial charge on any atom is 0.240 e. The first-order chi connectivity index (χ1) is 9.27. The summed E-state index contributed by atoms with van der Waals surface area (Å²) in [6.07, 6.45) is 2.06. The minimum Gasteiger partial charge on any atom is -0.316 e. The Kier molecular flexibility index (Phi) is 4.18. The lowest BCUT2D eigenvalue weighted by Gasteiger charge is -2.14. The lowest BCUT2D eigenvalue weighted by atomic mass is 10.1. The lowest BCUT2D eigenvalue weighted by molar-refractivity contribution is 0.528. The zero-order valence-corrected chi connectivity index (χ0v) is 12.9. The number of hydrogen-bond acceptors (Lipinski definition) is 3. The Morgan fingerprint density at radius 3 is 2.55 bits per heavy atom. The third-order valence-corrected chi connectivity index (χ3v) is 5.35. The molecular weight excluding hydrogens is 279 g/mol. The summed E-state index contributed by atoms with van der Waals surface area (Å²) >= 11 is 0. The average Bonchev–Trinajstić information content (AvgIpc) is 3.10. The number of halogens is 1. The van der Waals surface area contributed by atoms with Crippen LogP contribution in [0.4, 0.5) is 4.39 Å². The summed E-state index contributed by atoms with van der Waals surface area (Å²) in [4.78, 5) is 0.0343. The van der Waals surface area contributed by atoms with Crippen molar-refractivity contribution in [3.63, 3.8) is 0 Å². The van der Waals surface area contributed by atoms with Crippen molar-refractivity contribution in [3.8, 4) is 0 Å². The highest BCUT2D eigenvalue weighted by atomic mass is 32.2. The van der Waals surface area contributed by atoms with Crippen LogP contribution in [0.2, 0.25) is 0 Å². The molecule has 0 aliphatic heterocycles. The van der Waals surface area contributed by atoms with Crippen LogP contribution in [0.25, 0.3) is 0 Å². The number of hydrogen-bond donors (Lipinski definition) is 2. The Morgan fingerprint density at radius 1 is 1.35 bits per heavy atom. The Balaban J connectivity index is 2.29. The van der Waals surface area contributed by atoms with E-state index in [-0.39, 0.29) is 15.9 Å². The molecule has 0 bridgehead atoms. The topological polar surface area (TPSA) is 58.2 Å². The molecule has 0 heterocycles. The summed E-state index contributed by atoms with van der Waals surface area (Å²) in [5.41, 5.74) is 0.856. The standard InChI is InChI=1S/C14H21FN2O2S/c1-10-12(15)6-11(8-16-3)7-13(10)20(18,19)17-9-14(2)4-5-14/h6-7,16-17H,4-5,8-9H2,1-3H3. The van der Waals surface area contributed by atoms with Crippen molar-refractivity contribution in [1.82, 2.24) is 10.0 Å². The van der Waals surface area contributed by atoms with Crippen LogP contribution < -0.4 is 10.0 Å². The molecule has 2 N–H and O–H groups in total. The molecule has 0 atom stereocenters. The van der Waals surface area contributed by atoms with Crippen LogP contribution in [0.1, 0.15) is 30.9 Å². The highest BCUT2D eigenvalue weighted by molar-refractivity contribution is 7.89. The fourth-order valence-corrected chi connectivity index (χ4v) is 3.53. The summed E-state index contributed by atoms with van der Waals surface area (Å²) < 4.78 is 41.1. The molecule has 1 fully saturated rings. The van der Waals surface area contributed by atoms with Gasteiger partial charge in [-0.05, 0) is 49.9 Å². The molecule has 0 aromatic heterocycles. The third-order valence-electron chi connectivity index (χ3n) is 3.82. The Bertz CT molecular complexity index is 610.